The predicted molar refractivity (Wildman–Crippen MR) is 15.7 cm³/mol. The summed E-state index contributed by atoms with van der Waals surface area (Å²) in [6, 6.07) is 0. The molecule has 0 aliphatic heterocycles. The third kappa shape index (κ3) is 3.84. The molecule has 3 N–H and O–H groups in total. The van der Waals surface area contributed by atoms with Crippen molar-refractivity contribution in [2.24, 2.45) is 5.84 Å². The summed E-state index contributed by atoms with van der Waals surface area (Å²) >= 11 is 0. The number of hydroxylamine groups is 1. The van der Waals surface area contributed by atoms with Crippen molar-refractivity contribution in [2.75, 3.05) is 7.05 Å². The molecule has 0 aliphatic carbocycles. The average molecular weight is 78.1 g/mol. The highest BCUT2D eigenvalue weighted by molar-refractivity contribution is 3.83. The Labute approximate surface area is 29.6 Å². The standard InChI is InChI=1S/CH6N2O2/c1-3(2)5-4/h4H,2H2,1H3. The van der Waals surface area contributed by atoms with Crippen molar-refractivity contribution in [3.05, 3.63) is 0 Å². The van der Waals surface area contributed by atoms with Gasteiger partial charge >= 0.3 is 0 Å². The molecular weight excluding hydrogens is 72.0 g/mol. The lowest BCUT2D eigenvalue weighted by atomic mass is 11.5. The van der Waals surface area contributed by atoms with Crippen LogP contribution in [-0.2, 0) is 4.99 Å². The number of hydrogen-bond acceptors (Lipinski definition) is 4. The summed E-state index contributed by atoms with van der Waals surface area (Å²) in [6.45, 7) is 0. The van der Waals surface area contributed by atoms with Crippen molar-refractivity contribution in [2.45, 2.75) is 0 Å². The zero-order valence-electron chi connectivity index (χ0n) is 2.88. The molecule has 0 fully saturated rings. The molecule has 0 saturated heterocycles. The van der Waals surface area contributed by atoms with E-state index in [4.69, 9.17) is 5.26 Å². The Balaban J connectivity index is 2.54. The van der Waals surface area contributed by atoms with Gasteiger partial charge in [-0.3, -0.25) is 0 Å². The van der Waals surface area contributed by atoms with Crippen molar-refractivity contribution in [1.82, 2.24) is 5.17 Å². The van der Waals surface area contributed by atoms with Crippen LogP contribution in [0.5, 0.6) is 0 Å². The van der Waals surface area contributed by atoms with E-state index in [9.17, 15) is 0 Å². The average Bonchev–Trinajstić information content (AvgIpc) is 1.38. The molecule has 0 bridgehead atoms. The Hall–Kier alpha value is -0.160. The molecule has 0 unspecified atom stereocenters. The smallest absolute Gasteiger partial charge is 0.0316 e. The van der Waals surface area contributed by atoms with Gasteiger partial charge in [-0.15, -0.1) is 4.99 Å². The van der Waals surface area contributed by atoms with Crippen LogP contribution in [-0.4, -0.2) is 17.5 Å². The van der Waals surface area contributed by atoms with E-state index in [-0.39, 0.29) is 0 Å². The van der Waals surface area contributed by atoms with E-state index in [1.807, 2.05) is 0 Å². The summed E-state index contributed by atoms with van der Waals surface area (Å²) < 4.78 is 0. The molecule has 0 aromatic rings. The van der Waals surface area contributed by atoms with Crippen LogP contribution in [0.2, 0.25) is 0 Å². The largest absolute Gasteiger partial charge is 0.243 e. The summed E-state index contributed by atoms with van der Waals surface area (Å²) in [6.07, 6.45) is 0. The Bertz CT molecular complexity index is 21.6. The molecule has 0 spiro atoms. The first kappa shape index (κ1) is 4.84. The summed E-state index contributed by atoms with van der Waals surface area (Å²) in [7, 11) is 1.36. The third-order valence-electron chi connectivity index (χ3n) is 0.129. The molecule has 4 nitrogen and oxygen atoms in total. The monoisotopic (exact) mass is 78.0 g/mol. The zero-order valence-corrected chi connectivity index (χ0v) is 2.88. The molecule has 32 valence electrons. The van der Waals surface area contributed by atoms with Crippen molar-refractivity contribution < 1.29 is 10.2 Å². The normalized spacial score (nSPS) is 9.60. The minimum Gasteiger partial charge on any atom is -0.243 e. The first-order chi connectivity index (χ1) is 2.27. The predicted octanol–water partition coefficient (Wildman–Crippen LogP) is -0.803. The molecule has 0 heterocycles. The van der Waals surface area contributed by atoms with Gasteiger partial charge in [0.15, 0.2) is 0 Å². The molecule has 0 amide bonds. The number of nitrogens with zero attached hydrogens (tertiary/aromatic N) is 1. The Morgan fingerprint density at radius 1 is 2.00 bits per heavy atom. The van der Waals surface area contributed by atoms with E-state index in [0.717, 1.165) is 0 Å². The number of hydrazine groups is 1. The van der Waals surface area contributed by atoms with Crippen LogP contribution >= 0.6 is 0 Å². The zero-order chi connectivity index (χ0) is 4.28. The van der Waals surface area contributed by atoms with Crippen LogP contribution in [0.1, 0.15) is 0 Å². The topological polar surface area (TPSA) is 58.7 Å². The van der Waals surface area contributed by atoms with Crippen molar-refractivity contribution in [3.63, 3.8) is 0 Å². The SMILES string of the molecule is CN(N)OO. The molecule has 5 heavy (non-hydrogen) atoms. The molecule has 0 aliphatic rings. The fraction of sp³-hybridized carbons (Fsp3) is 1.00. The molecule has 0 atom stereocenters. The van der Waals surface area contributed by atoms with Crippen LogP contribution in [0, 0.1) is 0 Å². The van der Waals surface area contributed by atoms with Crippen LogP contribution in [0.3, 0.4) is 0 Å². The maximum absolute atomic E-state index is 7.44. The Kier molecular flexibility index (Phi) is 2.03. The van der Waals surface area contributed by atoms with E-state index in [0.29, 0.717) is 5.17 Å². The van der Waals surface area contributed by atoms with Gasteiger partial charge in [0.2, 0.25) is 0 Å². The van der Waals surface area contributed by atoms with Gasteiger partial charge in [-0.05, 0) is 0 Å². The highest BCUT2D eigenvalue weighted by Gasteiger charge is 1.74. The lowest BCUT2D eigenvalue weighted by molar-refractivity contribution is -0.390. The molecule has 0 saturated carbocycles. The first-order valence-electron chi connectivity index (χ1n) is 1.07. The third-order valence-corrected chi connectivity index (χ3v) is 0.129. The lowest BCUT2D eigenvalue weighted by Crippen LogP contribution is -2.24. The van der Waals surface area contributed by atoms with Gasteiger partial charge < -0.3 is 0 Å². The summed E-state index contributed by atoms with van der Waals surface area (Å²) in [4.78, 5) is 3.36. The highest BCUT2D eigenvalue weighted by atomic mass is 17.2. The van der Waals surface area contributed by atoms with Crippen LogP contribution in [0.4, 0.5) is 0 Å². The van der Waals surface area contributed by atoms with Gasteiger partial charge in [0.25, 0.3) is 0 Å². The number of hydrogen-bond donors (Lipinski definition) is 2. The van der Waals surface area contributed by atoms with Gasteiger partial charge in [-0.25, -0.2) is 11.1 Å². The molecular formula is CH6N2O2. The first-order valence-corrected chi connectivity index (χ1v) is 1.07. The molecule has 4 heteroatoms. The van der Waals surface area contributed by atoms with Gasteiger partial charge in [-0.1, -0.05) is 5.17 Å². The van der Waals surface area contributed by atoms with Gasteiger partial charge in [0.05, 0.1) is 0 Å². The summed E-state index contributed by atoms with van der Waals surface area (Å²) in [5.41, 5.74) is 0. The fourth-order valence-corrected chi connectivity index (χ4v) is 0. The Morgan fingerprint density at radius 2 is 2.20 bits per heavy atom. The summed E-state index contributed by atoms with van der Waals surface area (Å²) in [5, 5.41) is 8.12. The maximum atomic E-state index is 7.44. The fourth-order valence-electron chi connectivity index (χ4n) is 0. The number of nitrogens with two attached hydrogens (primary N) is 1. The van der Waals surface area contributed by atoms with Crippen LogP contribution < -0.4 is 5.84 Å². The highest BCUT2D eigenvalue weighted by Crippen LogP contribution is 1.56. The minimum atomic E-state index is 0.681. The van der Waals surface area contributed by atoms with Crippen molar-refractivity contribution in [3.8, 4) is 0 Å². The summed E-state index contributed by atoms with van der Waals surface area (Å²) in [5.74, 6) is 4.65. The van der Waals surface area contributed by atoms with E-state index < -0.39 is 0 Å². The van der Waals surface area contributed by atoms with Crippen LogP contribution in [0.25, 0.3) is 0 Å². The lowest BCUT2D eigenvalue weighted by Gasteiger charge is -1.97. The quantitative estimate of drug-likeness (QED) is 0.245. The van der Waals surface area contributed by atoms with Crippen molar-refractivity contribution in [1.29, 1.82) is 0 Å². The molecule has 0 aromatic carbocycles. The second kappa shape index (κ2) is 2.10. The molecule has 0 rings (SSSR count). The van der Waals surface area contributed by atoms with Gasteiger partial charge in [-0.2, -0.15) is 0 Å². The minimum absolute atomic E-state index is 0.681. The van der Waals surface area contributed by atoms with E-state index in [1.165, 1.54) is 7.05 Å². The van der Waals surface area contributed by atoms with Crippen molar-refractivity contribution >= 4 is 0 Å². The molecule has 0 aromatic heterocycles. The van der Waals surface area contributed by atoms with Gasteiger partial charge in [0, 0.05) is 7.05 Å². The second-order valence-electron chi connectivity index (χ2n) is 0.628. The molecule has 0 radical (unpaired) electrons. The van der Waals surface area contributed by atoms with Gasteiger partial charge in [0.1, 0.15) is 0 Å². The number of rotatable bonds is 1. The van der Waals surface area contributed by atoms with E-state index in [2.05, 4.69) is 10.8 Å². The van der Waals surface area contributed by atoms with E-state index >= 15 is 0 Å². The second-order valence-corrected chi connectivity index (χ2v) is 0.628. The van der Waals surface area contributed by atoms with Crippen LogP contribution in [0.15, 0.2) is 0 Å². The Morgan fingerprint density at radius 3 is 2.20 bits per heavy atom. The maximum Gasteiger partial charge on any atom is 0.0316 e. The van der Waals surface area contributed by atoms with E-state index in [1.54, 1.807) is 0 Å².